The van der Waals surface area contributed by atoms with Crippen LogP contribution in [0.4, 0.5) is 0 Å². The van der Waals surface area contributed by atoms with Gasteiger partial charge in [-0.15, -0.1) is 0 Å². The molecule has 4 bridgehead atoms. The molecule has 7 rings (SSSR count). The largest absolute Gasteiger partial charge is 0.411 e. The van der Waals surface area contributed by atoms with Gasteiger partial charge in [0.25, 0.3) is 0 Å². The van der Waals surface area contributed by atoms with Crippen LogP contribution >= 0.6 is 0 Å². The number of benzene rings is 2. The summed E-state index contributed by atoms with van der Waals surface area (Å²) >= 11 is 0. The van der Waals surface area contributed by atoms with Gasteiger partial charge in [0.2, 0.25) is 0 Å². The molecule has 5 aliphatic rings. The summed E-state index contributed by atoms with van der Waals surface area (Å²) in [6.45, 7) is 11.7. The molecule has 162 valence electrons. The number of rotatable bonds is 2. The maximum Gasteiger partial charge on any atom is 0.172 e. The molecule has 4 fully saturated rings. The van der Waals surface area contributed by atoms with Gasteiger partial charge >= 0.3 is 0 Å². The van der Waals surface area contributed by atoms with Crippen LogP contribution in [-0.2, 0) is 9.84 Å². The minimum atomic E-state index is -1.15. The van der Waals surface area contributed by atoms with E-state index in [0.717, 1.165) is 11.8 Å². The zero-order valence-corrected chi connectivity index (χ0v) is 20.9. The second-order valence-corrected chi connectivity index (χ2v) is 14.4. The van der Waals surface area contributed by atoms with Gasteiger partial charge in [0, 0.05) is 0 Å². The van der Waals surface area contributed by atoms with E-state index in [4.69, 9.17) is 4.43 Å². The van der Waals surface area contributed by atoms with Crippen LogP contribution in [0, 0.1) is 17.8 Å². The summed E-state index contributed by atoms with van der Waals surface area (Å²) in [7, 11) is -1.15. The lowest BCUT2D eigenvalue weighted by atomic mass is 9.51. The first-order chi connectivity index (χ1) is 14.7. The third-order valence-corrected chi connectivity index (χ3v) is 9.33. The Morgan fingerprint density at radius 3 is 2.13 bits per heavy atom. The van der Waals surface area contributed by atoms with E-state index >= 15 is 0 Å². The molecule has 5 aliphatic carbocycles. The topological polar surface area (TPSA) is 9.23 Å². The predicted molar refractivity (Wildman–Crippen MR) is 133 cm³/mol. The van der Waals surface area contributed by atoms with E-state index in [0.29, 0.717) is 5.92 Å². The Morgan fingerprint density at radius 2 is 1.48 bits per heavy atom. The van der Waals surface area contributed by atoms with Gasteiger partial charge in [-0.25, -0.2) is 0 Å². The highest BCUT2D eigenvalue weighted by Crippen LogP contribution is 2.63. The van der Waals surface area contributed by atoms with Crippen molar-refractivity contribution in [2.45, 2.75) is 77.0 Å². The van der Waals surface area contributed by atoms with Gasteiger partial charge in [0.05, 0.1) is 5.60 Å². The van der Waals surface area contributed by atoms with Crippen molar-refractivity contribution in [2.24, 2.45) is 17.8 Å². The fourth-order valence-electron chi connectivity index (χ4n) is 7.61. The van der Waals surface area contributed by atoms with E-state index in [2.05, 4.69) is 76.3 Å². The van der Waals surface area contributed by atoms with Gasteiger partial charge in [-0.3, -0.25) is 0 Å². The van der Waals surface area contributed by atoms with Crippen LogP contribution < -0.4 is 0 Å². The molecule has 2 unspecified atom stereocenters. The second kappa shape index (κ2) is 6.68. The molecule has 1 nitrogen and oxygen atoms in total. The van der Waals surface area contributed by atoms with Crippen LogP contribution in [0.5, 0.6) is 0 Å². The zero-order chi connectivity index (χ0) is 21.5. The molecule has 2 heteroatoms. The number of hydrogen-bond donors (Lipinski definition) is 0. The van der Waals surface area contributed by atoms with Gasteiger partial charge < -0.3 is 4.43 Å². The highest BCUT2D eigenvalue weighted by atomic mass is 28.3. The first kappa shape index (κ1) is 20.0. The molecular weight excluding hydrogens is 392 g/mol. The molecule has 4 saturated carbocycles. The van der Waals surface area contributed by atoms with Crippen LogP contribution in [0.3, 0.4) is 0 Å². The average Bonchev–Trinajstić information content (AvgIpc) is 3.00. The van der Waals surface area contributed by atoms with Gasteiger partial charge in [-0.1, -0.05) is 57.2 Å². The Kier molecular flexibility index (Phi) is 4.31. The lowest BCUT2D eigenvalue weighted by molar-refractivity contribution is -0.0601. The van der Waals surface area contributed by atoms with E-state index in [1.165, 1.54) is 59.9 Å². The van der Waals surface area contributed by atoms with E-state index in [1.54, 1.807) is 11.1 Å². The highest BCUT2D eigenvalue weighted by Gasteiger charge is 2.56. The molecule has 0 N–H and O–H groups in total. The Bertz CT molecular complexity index is 1070. The smallest absolute Gasteiger partial charge is 0.172 e. The molecule has 2 aromatic carbocycles. The van der Waals surface area contributed by atoms with E-state index < -0.39 is 9.04 Å². The van der Waals surface area contributed by atoms with Crippen LogP contribution in [0.1, 0.15) is 69.6 Å². The van der Waals surface area contributed by atoms with Gasteiger partial charge in [-0.2, -0.15) is 0 Å². The Labute approximate surface area is 189 Å². The van der Waals surface area contributed by atoms with E-state index in [1.807, 2.05) is 0 Å². The second-order valence-electron chi connectivity index (χ2n) is 12.0. The van der Waals surface area contributed by atoms with Gasteiger partial charge in [-0.05, 0) is 113 Å². The molecule has 0 heterocycles. The normalized spacial score (nSPS) is 33.2. The third-order valence-electron chi connectivity index (χ3n) is 8.41. The minimum absolute atomic E-state index is 0.0108. The number of fused-ring (bicyclic) bond motifs is 3. The lowest BCUT2D eigenvalue weighted by Gasteiger charge is -2.59. The summed E-state index contributed by atoms with van der Waals surface area (Å²) in [4.78, 5) is 0. The molecule has 31 heavy (non-hydrogen) atoms. The standard InChI is InChI=1S/C29H36OSi/c1-28(2,3)21-10-11-23-22-8-6-7-9-24(22)26(25(23)15-21)27-20-13-18-12-19(14-20)17-29(27,16-18)30-31(4)5/h6-11,15,18-20,31H,12-14,16-17H2,1-5H3. The van der Waals surface area contributed by atoms with Crippen molar-refractivity contribution in [3.8, 4) is 11.1 Å². The Morgan fingerprint density at radius 1 is 0.839 bits per heavy atom. The Hall–Kier alpha value is -1.64. The van der Waals surface area contributed by atoms with Crippen molar-refractivity contribution in [1.29, 1.82) is 0 Å². The van der Waals surface area contributed by atoms with Crippen molar-refractivity contribution in [3.05, 3.63) is 64.7 Å². The van der Waals surface area contributed by atoms with Crippen LogP contribution in [0.25, 0.3) is 16.7 Å². The summed E-state index contributed by atoms with van der Waals surface area (Å²) in [5, 5.41) is 0. The van der Waals surface area contributed by atoms with Crippen molar-refractivity contribution in [3.63, 3.8) is 0 Å². The van der Waals surface area contributed by atoms with Gasteiger partial charge in [0.1, 0.15) is 0 Å². The van der Waals surface area contributed by atoms with E-state index in [-0.39, 0.29) is 11.0 Å². The first-order valence-corrected chi connectivity index (χ1v) is 15.2. The summed E-state index contributed by atoms with van der Waals surface area (Å²) in [6, 6.07) is 16.4. The summed E-state index contributed by atoms with van der Waals surface area (Å²) in [5.41, 5.74) is 10.6. The lowest BCUT2D eigenvalue weighted by Crippen LogP contribution is -2.55. The fourth-order valence-corrected chi connectivity index (χ4v) is 8.83. The van der Waals surface area contributed by atoms with E-state index in [9.17, 15) is 0 Å². The van der Waals surface area contributed by atoms with Crippen LogP contribution in [-0.4, -0.2) is 14.6 Å². The summed E-state index contributed by atoms with van der Waals surface area (Å²) in [6.07, 6.45) is 6.75. The maximum atomic E-state index is 7.08. The van der Waals surface area contributed by atoms with Crippen molar-refractivity contribution in [2.75, 3.05) is 0 Å². The molecule has 0 aromatic heterocycles. The SMILES string of the molecule is C[SiH](C)OC12CC3CC(CC(C3)C1=C1c3ccccc3-c3ccc(C(C)(C)C)cc31)C2. The maximum absolute atomic E-state index is 7.08. The van der Waals surface area contributed by atoms with Crippen molar-refractivity contribution < 1.29 is 4.43 Å². The predicted octanol–water partition coefficient (Wildman–Crippen LogP) is 7.35. The fraction of sp³-hybridized carbons (Fsp3) is 0.517. The average molecular weight is 429 g/mol. The highest BCUT2D eigenvalue weighted by molar-refractivity contribution is 6.48. The van der Waals surface area contributed by atoms with Crippen molar-refractivity contribution in [1.82, 2.24) is 0 Å². The molecule has 0 aliphatic heterocycles. The minimum Gasteiger partial charge on any atom is -0.411 e. The van der Waals surface area contributed by atoms with Crippen molar-refractivity contribution >= 4 is 14.6 Å². The molecule has 0 spiro atoms. The first-order valence-electron chi connectivity index (χ1n) is 12.4. The molecule has 0 saturated heterocycles. The summed E-state index contributed by atoms with van der Waals surface area (Å²) < 4.78 is 7.08. The molecule has 2 aromatic rings. The molecule has 0 radical (unpaired) electrons. The monoisotopic (exact) mass is 428 g/mol. The third kappa shape index (κ3) is 2.98. The molecule has 0 amide bonds. The number of hydrogen-bond acceptors (Lipinski definition) is 1. The molecule has 2 atom stereocenters. The zero-order valence-electron chi connectivity index (χ0n) is 19.8. The molecular formula is C29H36OSi. The quantitative estimate of drug-likeness (QED) is 0.388. The Balaban J connectivity index is 1.64. The van der Waals surface area contributed by atoms with Crippen LogP contribution in [0.2, 0.25) is 13.1 Å². The summed E-state index contributed by atoms with van der Waals surface area (Å²) in [5.74, 6) is 2.48. The van der Waals surface area contributed by atoms with Crippen LogP contribution in [0.15, 0.2) is 48.0 Å². The van der Waals surface area contributed by atoms with Gasteiger partial charge in [0.15, 0.2) is 9.04 Å².